The van der Waals surface area contributed by atoms with Gasteiger partial charge in [0.15, 0.2) is 0 Å². The fourth-order valence-electron chi connectivity index (χ4n) is 3.02. The summed E-state index contributed by atoms with van der Waals surface area (Å²) in [6, 6.07) is 14.3. The van der Waals surface area contributed by atoms with Crippen molar-refractivity contribution < 1.29 is 17.9 Å². The smallest absolute Gasteiger partial charge is 0.248 e. The summed E-state index contributed by atoms with van der Waals surface area (Å²) < 4.78 is 31.9. The Morgan fingerprint density at radius 3 is 2.45 bits per heavy atom. The summed E-state index contributed by atoms with van der Waals surface area (Å²) in [4.78, 5) is 12.4. The van der Waals surface area contributed by atoms with Crippen molar-refractivity contribution in [1.29, 1.82) is 0 Å². The van der Waals surface area contributed by atoms with Crippen LogP contribution in [0.2, 0.25) is 0 Å². The number of carbonyl (C=O) groups is 1. The molecule has 0 atom stereocenters. The second kappa shape index (κ2) is 9.35. The standard InChI is InChI=1S/C22H26N2O4S/c1-17(2)19-4-3-5-20(16-19)23-22(25)11-8-18-6-9-21(10-7-18)29(26,27)24-12-14-28-15-13-24/h3-11,16-17H,12-15H2,1-2H3,(H,23,25)/b11-8+. The van der Waals surface area contributed by atoms with Gasteiger partial charge in [-0.25, -0.2) is 8.42 Å². The van der Waals surface area contributed by atoms with Crippen LogP contribution in [-0.2, 0) is 19.6 Å². The van der Waals surface area contributed by atoms with Crippen molar-refractivity contribution in [3.63, 3.8) is 0 Å². The first-order valence-corrected chi connectivity index (χ1v) is 11.1. The van der Waals surface area contributed by atoms with Crippen LogP contribution in [0, 0.1) is 0 Å². The second-order valence-electron chi connectivity index (χ2n) is 7.19. The lowest BCUT2D eigenvalue weighted by Crippen LogP contribution is -2.40. The predicted molar refractivity (Wildman–Crippen MR) is 114 cm³/mol. The molecule has 29 heavy (non-hydrogen) atoms. The molecule has 1 fully saturated rings. The van der Waals surface area contributed by atoms with Crippen molar-refractivity contribution in [3.05, 3.63) is 65.7 Å². The molecule has 3 rings (SSSR count). The largest absolute Gasteiger partial charge is 0.379 e. The molecule has 7 heteroatoms. The number of nitrogens with one attached hydrogen (secondary N) is 1. The zero-order valence-electron chi connectivity index (χ0n) is 16.7. The average Bonchev–Trinajstić information content (AvgIpc) is 2.73. The number of hydrogen-bond donors (Lipinski definition) is 1. The zero-order chi connectivity index (χ0) is 20.9. The summed E-state index contributed by atoms with van der Waals surface area (Å²) in [5, 5.41) is 2.85. The van der Waals surface area contributed by atoms with Crippen molar-refractivity contribution in [1.82, 2.24) is 4.31 Å². The Morgan fingerprint density at radius 1 is 1.10 bits per heavy atom. The van der Waals surface area contributed by atoms with Gasteiger partial charge in [0.2, 0.25) is 15.9 Å². The molecule has 0 aliphatic carbocycles. The maximum absolute atomic E-state index is 12.6. The van der Waals surface area contributed by atoms with Crippen LogP contribution in [0.4, 0.5) is 5.69 Å². The monoisotopic (exact) mass is 414 g/mol. The Kier molecular flexibility index (Phi) is 6.84. The van der Waals surface area contributed by atoms with Crippen LogP contribution < -0.4 is 5.32 Å². The molecule has 1 amide bonds. The molecule has 1 aliphatic rings. The molecule has 1 saturated heterocycles. The lowest BCUT2D eigenvalue weighted by molar-refractivity contribution is -0.111. The Bertz CT molecular complexity index is 976. The molecule has 0 spiro atoms. The fraction of sp³-hybridized carbons (Fsp3) is 0.318. The molecule has 0 aromatic heterocycles. The minimum atomic E-state index is -3.51. The predicted octanol–water partition coefficient (Wildman–Crippen LogP) is 3.48. The summed E-state index contributed by atoms with van der Waals surface area (Å²) in [7, 11) is -3.51. The van der Waals surface area contributed by atoms with Crippen LogP contribution in [-0.4, -0.2) is 44.9 Å². The number of sulfonamides is 1. The quantitative estimate of drug-likeness (QED) is 0.735. The third kappa shape index (κ3) is 5.53. The summed E-state index contributed by atoms with van der Waals surface area (Å²) in [5.74, 6) is 0.144. The van der Waals surface area contributed by atoms with Crippen LogP contribution in [0.3, 0.4) is 0 Å². The molecule has 1 aliphatic heterocycles. The van der Waals surface area contributed by atoms with Gasteiger partial charge in [0.1, 0.15) is 0 Å². The molecule has 0 saturated carbocycles. The highest BCUT2D eigenvalue weighted by Crippen LogP contribution is 2.19. The van der Waals surface area contributed by atoms with Crippen molar-refractivity contribution in [2.75, 3.05) is 31.6 Å². The highest BCUT2D eigenvalue weighted by atomic mass is 32.2. The number of amides is 1. The highest BCUT2D eigenvalue weighted by molar-refractivity contribution is 7.89. The van der Waals surface area contributed by atoms with E-state index in [0.717, 1.165) is 16.8 Å². The summed E-state index contributed by atoms with van der Waals surface area (Å²) in [5.41, 5.74) is 2.65. The molecule has 154 valence electrons. The Balaban J connectivity index is 1.64. The molecular formula is C22H26N2O4S. The van der Waals surface area contributed by atoms with Gasteiger partial charge in [-0.05, 0) is 47.4 Å². The van der Waals surface area contributed by atoms with E-state index < -0.39 is 10.0 Å². The Labute approximate surface area is 172 Å². The van der Waals surface area contributed by atoms with Gasteiger partial charge < -0.3 is 10.1 Å². The van der Waals surface area contributed by atoms with Crippen molar-refractivity contribution in [3.8, 4) is 0 Å². The van der Waals surface area contributed by atoms with Crippen molar-refractivity contribution >= 4 is 27.7 Å². The molecule has 0 radical (unpaired) electrons. The van der Waals surface area contributed by atoms with Gasteiger partial charge in [-0.2, -0.15) is 4.31 Å². The lowest BCUT2D eigenvalue weighted by Gasteiger charge is -2.26. The maximum Gasteiger partial charge on any atom is 0.248 e. The van der Waals surface area contributed by atoms with Crippen LogP contribution in [0.15, 0.2) is 59.5 Å². The number of morpholine rings is 1. The first-order valence-electron chi connectivity index (χ1n) is 9.63. The van der Waals surface area contributed by atoms with Gasteiger partial charge in [0.25, 0.3) is 0 Å². The molecule has 0 bridgehead atoms. The van der Waals surface area contributed by atoms with E-state index in [2.05, 4.69) is 19.2 Å². The number of nitrogens with zero attached hydrogens (tertiary/aromatic N) is 1. The van der Waals surface area contributed by atoms with Crippen LogP contribution in [0.1, 0.15) is 30.9 Å². The molecule has 0 unspecified atom stereocenters. The van der Waals surface area contributed by atoms with E-state index in [9.17, 15) is 13.2 Å². The topological polar surface area (TPSA) is 75.7 Å². The number of hydrogen-bond acceptors (Lipinski definition) is 4. The van der Waals surface area contributed by atoms with E-state index in [1.807, 2.05) is 24.3 Å². The minimum Gasteiger partial charge on any atom is -0.379 e. The van der Waals surface area contributed by atoms with Gasteiger partial charge in [-0.15, -0.1) is 0 Å². The van der Waals surface area contributed by atoms with Gasteiger partial charge in [0, 0.05) is 24.9 Å². The SMILES string of the molecule is CC(C)c1cccc(NC(=O)/C=C/c2ccc(S(=O)(=O)N3CCOCC3)cc2)c1. The zero-order valence-corrected chi connectivity index (χ0v) is 17.5. The maximum atomic E-state index is 12.6. The molecule has 2 aromatic rings. The summed E-state index contributed by atoms with van der Waals surface area (Å²) >= 11 is 0. The van der Waals surface area contributed by atoms with Gasteiger partial charge >= 0.3 is 0 Å². The third-order valence-electron chi connectivity index (χ3n) is 4.74. The average molecular weight is 415 g/mol. The van der Waals surface area contributed by atoms with E-state index in [1.165, 1.54) is 10.4 Å². The summed E-state index contributed by atoms with van der Waals surface area (Å²) in [6.07, 6.45) is 3.10. The highest BCUT2D eigenvalue weighted by Gasteiger charge is 2.25. The van der Waals surface area contributed by atoms with E-state index >= 15 is 0 Å². The number of rotatable bonds is 6. The summed E-state index contributed by atoms with van der Waals surface area (Å²) in [6.45, 7) is 5.75. The Hall–Kier alpha value is -2.48. The molecular weight excluding hydrogens is 388 g/mol. The number of benzene rings is 2. The minimum absolute atomic E-state index is 0.240. The van der Waals surface area contributed by atoms with E-state index in [0.29, 0.717) is 32.2 Å². The first-order chi connectivity index (χ1) is 13.9. The van der Waals surface area contributed by atoms with Crippen LogP contribution in [0.25, 0.3) is 6.08 Å². The lowest BCUT2D eigenvalue weighted by atomic mass is 10.0. The number of carbonyl (C=O) groups excluding carboxylic acids is 1. The fourth-order valence-corrected chi connectivity index (χ4v) is 4.43. The first kappa shape index (κ1) is 21.2. The van der Waals surface area contributed by atoms with Gasteiger partial charge in [-0.3, -0.25) is 4.79 Å². The van der Waals surface area contributed by atoms with Crippen molar-refractivity contribution in [2.45, 2.75) is 24.7 Å². The van der Waals surface area contributed by atoms with E-state index in [1.54, 1.807) is 30.3 Å². The molecule has 1 heterocycles. The Morgan fingerprint density at radius 2 is 1.79 bits per heavy atom. The van der Waals surface area contributed by atoms with Gasteiger partial charge in [0.05, 0.1) is 18.1 Å². The van der Waals surface area contributed by atoms with Gasteiger partial charge in [-0.1, -0.05) is 38.1 Å². The van der Waals surface area contributed by atoms with E-state index in [-0.39, 0.29) is 10.8 Å². The number of anilines is 1. The molecule has 1 N–H and O–H groups in total. The molecule has 6 nitrogen and oxygen atoms in total. The third-order valence-corrected chi connectivity index (χ3v) is 6.65. The molecule has 2 aromatic carbocycles. The normalized spacial score (nSPS) is 15.7. The van der Waals surface area contributed by atoms with Crippen LogP contribution >= 0.6 is 0 Å². The van der Waals surface area contributed by atoms with Crippen LogP contribution in [0.5, 0.6) is 0 Å². The van der Waals surface area contributed by atoms with E-state index in [4.69, 9.17) is 4.74 Å². The number of ether oxygens (including phenoxy) is 1. The second-order valence-corrected chi connectivity index (χ2v) is 9.13. The van der Waals surface area contributed by atoms with Crippen molar-refractivity contribution in [2.24, 2.45) is 0 Å².